The maximum atomic E-state index is 5.89. The molecule has 0 spiro atoms. The summed E-state index contributed by atoms with van der Waals surface area (Å²) in [6.45, 7) is 2.37. The number of nitrogens with two attached hydrogens (primary N) is 1. The Morgan fingerprint density at radius 1 is 0.846 bits per heavy atom. The van der Waals surface area contributed by atoms with Crippen molar-refractivity contribution in [1.82, 2.24) is 0 Å². The molecular formula is C21H24NO3S+. The Hall–Kier alpha value is -2.50. The Morgan fingerprint density at radius 2 is 1.62 bits per heavy atom. The second kappa shape index (κ2) is 9.27. The Bertz CT molecular complexity index is 801. The van der Waals surface area contributed by atoms with E-state index in [0.717, 1.165) is 30.3 Å². The van der Waals surface area contributed by atoms with Gasteiger partial charge in [-0.1, -0.05) is 6.07 Å². The minimum atomic E-state index is 0.566. The molecule has 0 bridgehead atoms. The van der Waals surface area contributed by atoms with E-state index in [4.69, 9.17) is 14.2 Å². The zero-order valence-electron chi connectivity index (χ0n) is 15.1. The van der Waals surface area contributed by atoms with Crippen molar-refractivity contribution in [3.63, 3.8) is 0 Å². The third kappa shape index (κ3) is 5.00. The van der Waals surface area contributed by atoms with Crippen molar-refractivity contribution in [3.05, 3.63) is 76.0 Å². The molecule has 26 heavy (non-hydrogen) atoms. The van der Waals surface area contributed by atoms with Crippen LogP contribution in [0, 0.1) is 0 Å². The van der Waals surface area contributed by atoms with Crippen LogP contribution in [0.1, 0.15) is 16.0 Å². The number of benzene rings is 2. The molecule has 0 aliphatic rings. The van der Waals surface area contributed by atoms with Gasteiger partial charge in [0, 0.05) is 16.0 Å². The van der Waals surface area contributed by atoms with E-state index in [2.05, 4.69) is 35.0 Å². The van der Waals surface area contributed by atoms with Gasteiger partial charge in [-0.25, -0.2) is 0 Å². The first-order valence-corrected chi connectivity index (χ1v) is 9.43. The highest BCUT2D eigenvalue weighted by atomic mass is 32.1. The van der Waals surface area contributed by atoms with Crippen molar-refractivity contribution in [2.24, 2.45) is 0 Å². The maximum absolute atomic E-state index is 5.89. The second-order valence-corrected chi connectivity index (χ2v) is 6.93. The molecule has 5 heteroatoms. The molecule has 0 saturated carbocycles. The first kappa shape index (κ1) is 18.3. The van der Waals surface area contributed by atoms with Crippen LogP contribution in [0.25, 0.3) is 0 Å². The lowest BCUT2D eigenvalue weighted by Gasteiger charge is -2.11. The minimum absolute atomic E-state index is 0.566. The van der Waals surface area contributed by atoms with Crippen molar-refractivity contribution >= 4 is 11.3 Å². The standard InChI is InChI=1S/C21H23NO3S/c1-23-18-8-5-16(6-9-18)13-22-14-17-7-10-20(21(12-17)24-2)25-15-19-4-3-11-26-19/h3-12,22H,13-15H2,1-2H3/p+1. The molecule has 3 aromatic rings. The highest BCUT2D eigenvalue weighted by molar-refractivity contribution is 7.09. The average Bonchev–Trinajstić information content (AvgIpc) is 3.21. The van der Waals surface area contributed by atoms with E-state index in [-0.39, 0.29) is 0 Å². The van der Waals surface area contributed by atoms with Gasteiger partial charge in [0.15, 0.2) is 11.5 Å². The molecule has 0 amide bonds. The van der Waals surface area contributed by atoms with Gasteiger partial charge in [-0.2, -0.15) is 0 Å². The highest BCUT2D eigenvalue weighted by Crippen LogP contribution is 2.29. The zero-order chi connectivity index (χ0) is 18.2. The number of hydrogen-bond acceptors (Lipinski definition) is 4. The molecule has 1 heterocycles. The van der Waals surface area contributed by atoms with Gasteiger partial charge in [-0.05, 0) is 53.9 Å². The summed E-state index contributed by atoms with van der Waals surface area (Å²) in [6.07, 6.45) is 0. The number of hydrogen-bond donors (Lipinski definition) is 1. The summed E-state index contributed by atoms with van der Waals surface area (Å²) in [4.78, 5) is 1.20. The van der Waals surface area contributed by atoms with Crippen molar-refractivity contribution in [2.45, 2.75) is 19.7 Å². The average molecular weight is 370 g/mol. The fourth-order valence-electron chi connectivity index (χ4n) is 2.67. The number of ether oxygens (including phenoxy) is 3. The second-order valence-electron chi connectivity index (χ2n) is 5.90. The predicted molar refractivity (Wildman–Crippen MR) is 104 cm³/mol. The van der Waals surface area contributed by atoms with Crippen LogP contribution < -0.4 is 19.5 Å². The van der Waals surface area contributed by atoms with Crippen LogP contribution in [0.2, 0.25) is 0 Å². The van der Waals surface area contributed by atoms with E-state index in [0.29, 0.717) is 6.61 Å². The highest BCUT2D eigenvalue weighted by Gasteiger charge is 2.08. The van der Waals surface area contributed by atoms with Crippen LogP contribution in [0.5, 0.6) is 17.2 Å². The minimum Gasteiger partial charge on any atom is -0.497 e. The Balaban J connectivity index is 1.54. The van der Waals surface area contributed by atoms with Gasteiger partial charge in [-0.15, -0.1) is 11.3 Å². The number of methoxy groups -OCH3 is 2. The van der Waals surface area contributed by atoms with Gasteiger partial charge in [-0.3, -0.25) is 0 Å². The fraction of sp³-hybridized carbons (Fsp3) is 0.238. The van der Waals surface area contributed by atoms with Gasteiger partial charge in [0.05, 0.1) is 14.2 Å². The first-order valence-electron chi connectivity index (χ1n) is 8.55. The largest absolute Gasteiger partial charge is 0.497 e. The van der Waals surface area contributed by atoms with E-state index in [1.807, 2.05) is 30.3 Å². The summed E-state index contributed by atoms with van der Waals surface area (Å²) in [5, 5.41) is 4.32. The molecule has 4 nitrogen and oxygen atoms in total. The van der Waals surface area contributed by atoms with Gasteiger partial charge in [0.25, 0.3) is 0 Å². The smallest absolute Gasteiger partial charge is 0.161 e. The molecule has 0 saturated heterocycles. The van der Waals surface area contributed by atoms with Gasteiger partial charge >= 0.3 is 0 Å². The van der Waals surface area contributed by atoms with Crippen LogP contribution in [0.3, 0.4) is 0 Å². The van der Waals surface area contributed by atoms with Crippen LogP contribution in [-0.4, -0.2) is 14.2 Å². The van der Waals surface area contributed by atoms with Gasteiger partial charge in [0.1, 0.15) is 25.4 Å². The SMILES string of the molecule is COc1ccc(C[NH2+]Cc2ccc(OCc3cccs3)c(OC)c2)cc1. The third-order valence-corrected chi connectivity index (χ3v) is 4.95. The van der Waals surface area contributed by atoms with Crippen LogP contribution >= 0.6 is 11.3 Å². The Labute approximate surface area is 158 Å². The fourth-order valence-corrected chi connectivity index (χ4v) is 3.28. The van der Waals surface area contributed by atoms with Crippen molar-refractivity contribution in [2.75, 3.05) is 14.2 Å². The Kier molecular flexibility index (Phi) is 6.52. The van der Waals surface area contributed by atoms with Gasteiger partial charge < -0.3 is 19.5 Å². The molecule has 1 aromatic heterocycles. The maximum Gasteiger partial charge on any atom is 0.161 e. The Morgan fingerprint density at radius 3 is 2.31 bits per heavy atom. The molecule has 136 valence electrons. The van der Waals surface area contributed by atoms with E-state index in [1.165, 1.54) is 16.0 Å². The van der Waals surface area contributed by atoms with Crippen molar-refractivity contribution in [3.8, 4) is 17.2 Å². The predicted octanol–water partition coefficient (Wildman–Crippen LogP) is 3.61. The number of quaternary nitrogens is 1. The molecule has 0 aliphatic heterocycles. The quantitative estimate of drug-likeness (QED) is 0.626. The molecule has 0 radical (unpaired) electrons. The summed E-state index contributed by atoms with van der Waals surface area (Å²) in [7, 11) is 3.36. The summed E-state index contributed by atoms with van der Waals surface area (Å²) in [6, 6.07) is 18.4. The summed E-state index contributed by atoms with van der Waals surface area (Å²) >= 11 is 1.69. The molecule has 2 N–H and O–H groups in total. The molecule has 0 aliphatic carbocycles. The lowest BCUT2D eigenvalue weighted by molar-refractivity contribution is -0.686. The molecule has 0 atom stereocenters. The lowest BCUT2D eigenvalue weighted by Crippen LogP contribution is -2.80. The summed E-state index contributed by atoms with van der Waals surface area (Å²) in [5.41, 5.74) is 2.48. The van der Waals surface area contributed by atoms with E-state index in [9.17, 15) is 0 Å². The van der Waals surface area contributed by atoms with Gasteiger partial charge in [0.2, 0.25) is 0 Å². The summed E-state index contributed by atoms with van der Waals surface area (Å²) < 4.78 is 16.6. The first-order chi connectivity index (χ1) is 12.8. The van der Waals surface area contributed by atoms with Crippen molar-refractivity contribution < 1.29 is 19.5 Å². The van der Waals surface area contributed by atoms with E-state index in [1.54, 1.807) is 25.6 Å². The molecule has 3 rings (SSSR count). The van der Waals surface area contributed by atoms with E-state index >= 15 is 0 Å². The topological polar surface area (TPSA) is 44.3 Å². The molecule has 0 fully saturated rings. The van der Waals surface area contributed by atoms with Crippen LogP contribution in [-0.2, 0) is 19.7 Å². The molecule has 0 unspecified atom stereocenters. The summed E-state index contributed by atoms with van der Waals surface area (Å²) in [5.74, 6) is 2.44. The monoisotopic (exact) mass is 370 g/mol. The van der Waals surface area contributed by atoms with Crippen molar-refractivity contribution in [1.29, 1.82) is 0 Å². The van der Waals surface area contributed by atoms with Crippen LogP contribution in [0.15, 0.2) is 60.0 Å². The molecular weight excluding hydrogens is 346 g/mol. The number of thiophene rings is 1. The number of rotatable bonds is 9. The third-order valence-electron chi connectivity index (χ3n) is 4.10. The molecule has 2 aromatic carbocycles. The lowest BCUT2D eigenvalue weighted by atomic mass is 10.2. The van der Waals surface area contributed by atoms with E-state index < -0.39 is 0 Å². The zero-order valence-corrected chi connectivity index (χ0v) is 15.9. The normalized spacial score (nSPS) is 10.5. The van der Waals surface area contributed by atoms with Crippen LogP contribution in [0.4, 0.5) is 0 Å².